The molecule has 0 radical (unpaired) electrons. The van der Waals surface area contributed by atoms with Crippen molar-refractivity contribution in [2.75, 3.05) is 4.90 Å². The van der Waals surface area contributed by atoms with E-state index in [1.165, 1.54) is 4.90 Å². The molecule has 1 N–H and O–H groups in total. The molecule has 1 unspecified atom stereocenters. The molecule has 1 aliphatic rings. The monoisotopic (exact) mass is 412 g/mol. The fraction of sp³-hybridized carbons (Fsp3) is 0.192. The van der Waals surface area contributed by atoms with Crippen LogP contribution in [0.3, 0.4) is 0 Å². The second-order valence-electron chi connectivity index (χ2n) is 8.07. The van der Waals surface area contributed by atoms with Crippen LogP contribution in [0.25, 0.3) is 5.76 Å². The molecule has 4 rings (SSSR count). The molecular formula is C26H24N2O3. The first-order chi connectivity index (χ1) is 14.9. The fourth-order valence-corrected chi connectivity index (χ4v) is 3.84. The lowest BCUT2D eigenvalue weighted by molar-refractivity contribution is -0.132. The highest BCUT2D eigenvalue weighted by atomic mass is 16.3. The third kappa shape index (κ3) is 3.75. The van der Waals surface area contributed by atoms with E-state index in [1.54, 1.807) is 36.7 Å². The van der Waals surface area contributed by atoms with E-state index in [0.717, 1.165) is 16.7 Å². The zero-order valence-corrected chi connectivity index (χ0v) is 17.7. The summed E-state index contributed by atoms with van der Waals surface area (Å²) >= 11 is 0. The molecule has 2 heterocycles. The fourth-order valence-electron chi connectivity index (χ4n) is 3.84. The molecule has 5 nitrogen and oxygen atoms in total. The topological polar surface area (TPSA) is 70.5 Å². The van der Waals surface area contributed by atoms with Crippen molar-refractivity contribution in [2.45, 2.75) is 32.7 Å². The van der Waals surface area contributed by atoms with E-state index in [4.69, 9.17) is 0 Å². The number of pyridine rings is 1. The van der Waals surface area contributed by atoms with Crippen LogP contribution >= 0.6 is 0 Å². The zero-order valence-electron chi connectivity index (χ0n) is 17.7. The predicted octanol–water partition coefficient (Wildman–Crippen LogP) is 5.14. The summed E-state index contributed by atoms with van der Waals surface area (Å²) in [4.78, 5) is 31.7. The van der Waals surface area contributed by atoms with Gasteiger partial charge in [-0.1, -0.05) is 67.9 Å². The Kier molecular flexibility index (Phi) is 5.42. The summed E-state index contributed by atoms with van der Waals surface area (Å²) in [6.07, 6.45) is 3.16. The molecule has 1 atom stereocenters. The van der Waals surface area contributed by atoms with Crippen molar-refractivity contribution >= 4 is 23.1 Å². The molecule has 0 aliphatic carbocycles. The van der Waals surface area contributed by atoms with Crippen molar-refractivity contribution in [1.29, 1.82) is 0 Å². The quantitative estimate of drug-likeness (QED) is 0.366. The van der Waals surface area contributed by atoms with E-state index in [1.807, 2.05) is 43.3 Å². The van der Waals surface area contributed by atoms with Crippen LogP contribution in [0.5, 0.6) is 0 Å². The molecule has 0 bridgehead atoms. The maximum atomic E-state index is 13.1. The Morgan fingerprint density at radius 2 is 1.68 bits per heavy atom. The van der Waals surface area contributed by atoms with E-state index in [9.17, 15) is 14.7 Å². The van der Waals surface area contributed by atoms with Gasteiger partial charge >= 0.3 is 0 Å². The average molecular weight is 412 g/mol. The third-order valence-corrected chi connectivity index (χ3v) is 5.61. The number of aromatic nitrogens is 1. The summed E-state index contributed by atoms with van der Waals surface area (Å²) in [7, 11) is 0. The lowest BCUT2D eigenvalue weighted by Gasteiger charge is -2.25. The Bertz CT molecular complexity index is 1150. The lowest BCUT2D eigenvalue weighted by atomic mass is 9.93. The van der Waals surface area contributed by atoms with Crippen LogP contribution in [-0.2, 0) is 9.59 Å². The summed E-state index contributed by atoms with van der Waals surface area (Å²) in [5, 5.41) is 11.1. The molecule has 1 saturated heterocycles. The second kappa shape index (κ2) is 8.19. The van der Waals surface area contributed by atoms with Crippen molar-refractivity contribution in [2.24, 2.45) is 0 Å². The molecule has 1 fully saturated rings. The van der Waals surface area contributed by atoms with Gasteiger partial charge in [-0.15, -0.1) is 0 Å². The number of ketones is 1. The lowest BCUT2D eigenvalue weighted by Crippen LogP contribution is -2.29. The summed E-state index contributed by atoms with van der Waals surface area (Å²) < 4.78 is 0. The van der Waals surface area contributed by atoms with E-state index < -0.39 is 17.7 Å². The van der Waals surface area contributed by atoms with Gasteiger partial charge in [0.15, 0.2) is 0 Å². The normalized spacial score (nSPS) is 18.1. The number of Topliss-reactive ketones (excluding diaryl/α,β-unsaturated/α-hetero) is 1. The number of hydrogen-bond donors (Lipinski definition) is 1. The number of carbonyl (C=O) groups excluding carboxylic acids is 2. The van der Waals surface area contributed by atoms with E-state index in [-0.39, 0.29) is 11.3 Å². The van der Waals surface area contributed by atoms with Gasteiger partial charge in [0.1, 0.15) is 5.76 Å². The first-order valence-electron chi connectivity index (χ1n) is 10.3. The van der Waals surface area contributed by atoms with Crippen LogP contribution in [0.1, 0.15) is 48.1 Å². The van der Waals surface area contributed by atoms with Gasteiger partial charge in [-0.2, -0.15) is 0 Å². The van der Waals surface area contributed by atoms with Crippen LogP contribution in [0, 0.1) is 6.92 Å². The maximum Gasteiger partial charge on any atom is 0.300 e. The van der Waals surface area contributed by atoms with Gasteiger partial charge in [0.2, 0.25) is 0 Å². The van der Waals surface area contributed by atoms with Crippen LogP contribution in [0.4, 0.5) is 5.69 Å². The number of aliphatic hydroxyl groups excluding tert-OH is 1. The number of aryl methyl sites for hydroxylation is 1. The van der Waals surface area contributed by atoms with Gasteiger partial charge in [-0.05, 0) is 36.1 Å². The standard InChI is InChI=1S/C26H24N2O3/c1-16(2)18-10-12-19(13-11-18)23-22(24(29)20-8-6-17(3)7-9-20)25(30)26(31)28(23)21-5-4-14-27-15-21/h4-16,23,29H,1-3H3/b24-22+. The zero-order chi connectivity index (χ0) is 22.1. The van der Waals surface area contributed by atoms with Crippen LogP contribution in [0.2, 0.25) is 0 Å². The van der Waals surface area contributed by atoms with Gasteiger partial charge in [-0.3, -0.25) is 19.5 Å². The Hall–Kier alpha value is -3.73. The molecule has 1 aromatic heterocycles. The second-order valence-corrected chi connectivity index (χ2v) is 8.07. The number of benzene rings is 2. The largest absolute Gasteiger partial charge is 0.507 e. The third-order valence-electron chi connectivity index (χ3n) is 5.61. The number of anilines is 1. The molecule has 0 spiro atoms. The van der Waals surface area contributed by atoms with Crippen LogP contribution in [0.15, 0.2) is 78.6 Å². The summed E-state index contributed by atoms with van der Waals surface area (Å²) in [6.45, 7) is 6.16. The van der Waals surface area contributed by atoms with Gasteiger partial charge in [0.25, 0.3) is 11.7 Å². The average Bonchev–Trinajstić information content (AvgIpc) is 3.05. The van der Waals surface area contributed by atoms with E-state index in [0.29, 0.717) is 17.2 Å². The van der Waals surface area contributed by atoms with Crippen molar-refractivity contribution in [1.82, 2.24) is 4.98 Å². The number of nitrogens with zero attached hydrogens (tertiary/aromatic N) is 2. The Balaban J connectivity index is 1.91. The van der Waals surface area contributed by atoms with Crippen molar-refractivity contribution < 1.29 is 14.7 Å². The number of amides is 1. The van der Waals surface area contributed by atoms with E-state index in [2.05, 4.69) is 18.8 Å². The SMILES string of the molecule is Cc1ccc(/C(O)=C2\C(=O)C(=O)N(c3cccnc3)C2c2ccc(C(C)C)cc2)cc1. The molecule has 156 valence electrons. The molecule has 1 aliphatic heterocycles. The molecule has 31 heavy (non-hydrogen) atoms. The predicted molar refractivity (Wildman–Crippen MR) is 121 cm³/mol. The number of rotatable bonds is 4. The highest BCUT2D eigenvalue weighted by Gasteiger charge is 2.47. The summed E-state index contributed by atoms with van der Waals surface area (Å²) in [6, 6.07) is 17.7. The molecule has 5 heteroatoms. The molecular weight excluding hydrogens is 388 g/mol. The van der Waals surface area contributed by atoms with Crippen molar-refractivity contribution in [3.8, 4) is 0 Å². The first kappa shape index (κ1) is 20.5. The first-order valence-corrected chi connectivity index (χ1v) is 10.3. The minimum absolute atomic E-state index is 0.0787. The maximum absolute atomic E-state index is 13.1. The van der Waals surface area contributed by atoms with Crippen LogP contribution in [-0.4, -0.2) is 21.8 Å². The number of carbonyl (C=O) groups is 2. The Morgan fingerprint density at radius 3 is 2.26 bits per heavy atom. The molecule has 1 amide bonds. The van der Waals surface area contributed by atoms with Crippen molar-refractivity contribution in [3.63, 3.8) is 0 Å². The van der Waals surface area contributed by atoms with E-state index >= 15 is 0 Å². The minimum Gasteiger partial charge on any atom is -0.507 e. The Morgan fingerprint density at radius 1 is 1.00 bits per heavy atom. The van der Waals surface area contributed by atoms with Gasteiger partial charge < -0.3 is 5.11 Å². The number of hydrogen-bond acceptors (Lipinski definition) is 4. The summed E-state index contributed by atoms with van der Waals surface area (Å²) in [5.41, 5.74) is 4.02. The Labute approximate surface area is 181 Å². The minimum atomic E-state index is -0.744. The molecule has 0 saturated carbocycles. The van der Waals surface area contributed by atoms with Gasteiger partial charge in [0, 0.05) is 11.8 Å². The number of aliphatic hydroxyl groups is 1. The van der Waals surface area contributed by atoms with Crippen LogP contribution < -0.4 is 4.90 Å². The summed E-state index contributed by atoms with van der Waals surface area (Å²) in [5.74, 6) is -1.21. The molecule has 3 aromatic rings. The van der Waals surface area contributed by atoms with Gasteiger partial charge in [0.05, 0.1) is 23.5 Å². The highest BCUT2D eigenvalue weighted by Crippen LogP contribution is 2.42. The van der Waals surface area contributed by atoms with Gasteiger partial charge in [-0.25, -0.2) is 0 Å². The molecule has 2 aromatic carbocycles. The smallest absolute Gasteiger partial charge is 0.300 e. The highest BCUT2D eigenvalue weighted by molar-refractivity contribution is 6.51. The van der Waals surface area contributed by atoms with Crippen molar-refractivity contribution in [3.05, 3.63) is 101 Å².